The van der Waals surface area contributed by atoms with Crippen molar-refractivity contribution < 1.29 is 75.2 Å². The fourth-order valence-electron chi connectivity index (χ4n) is 5.67. The molecule has 2 fully saturated rings. The van der Waals surface area contributed by atoms with Crippen LogP contribution in [0.2, 0.25) is 0 Å². The lowest BCUT2D eigenvalue weighted by atomic mass is 9.82. The molecule has 15 nitrogen and oxygen atoms in total. The zero-order valence-corrected chi connectivity index (χ0v) is 21.8. The maximum Gasteiger partial charge on any atom is 0.174 e. The van der Waals surface area contributed by atoms with E-state index in [4.69, 9.17) is 14.2 Å². The summed E-state index contributed by atoms with van der Waals surface area (Å²) in [5.41, 5.74) is -1.34. The topological polar surface area (TPSA) is 267 Å². The molecule has 0 aromatic heterocycles. The van der Waals surface area contributed by atoms with Crippen LogP contribution in [0.15, 0.2) is 24.3 Å². The van der Waals surface area contributed by atoms with Crippen molar-refractivity contribution in [1.82, 2.24) is 0 Å². The van der Waals surface area contributed by atoms with Crippen LogP contribution >= 0.6 is 0 Å². The van der Waals surface area contributed by atoms with E-state index in [-0.39, 0.29) is 12.2 Å². The van der Waals surface area contributed by atoms with Gasteiger partial charge in [-0.1, -0.05) is 12.1 Å². The van der Waals surface area contributed by atoms with E-state index < -0.39 is 120 Å². The Hall–Kier alpha value is -3.09. The molecule has 0 radical (unpaired) electrons. The number of benzene rings is 2. The fourth-order valence-corrected chi connectivity index (χ4v) is 5.67. The van der Waals surface area contributed by atoms with E-state index in [1.54, 1.807) is 0 Å². The van der Waals surface area contributed by atoms with Crippen molar-refractivity contribution in [3.63, 3.8) is 0 Å². The average molecular weight is 597 g/mol. The number of hydrogen-bond donors (Lipinski definition) is 11. The number of Topliss-reactive ketones (excluding diaryl/α,β-unsaturated/α-hetero) is 1. The van der Waals surface area contributed by atoms with E-state index in [1.165, 1.54) is 24.3 Å². The number of fused-ring (bicyclic) bond motifs is 1. The first-order valence-electron chi connectivity index (χ1n) is 13.1. The van der Waals surface area contributed by atoms with Gasteiger partial charge in [0.1, 0.15) is 95.7 Å². The Morgan fingerprint density at radius 2 is 1.17 bits per heavy atom. The first kappa shape index (κ1) is 30.4. The van der Waals surface area contributed by atoms with Gasteiger partial charge in [0.2, 0.25) is 0 Å². The number of carbonyl (C=O) groups excluding carboxylic acids is 1. The smallest absolute Gasteiger partial charge is 0.174 e. The van der Waals surface area contributed by atoms with Gasteiger partial charge in [0.05, 0.1) is 30.8 Å². The molecular formula is C27H32O15. The number of aliphatic hydroxyl groups is 8. The third kappa shape index (κ3) is 4.87. The number of rotatable bonds is 5. The monoisotopic (exact) mass is 596 g/mol. The average Bonchev–Trinajstić information content (AvgIpc) is 2.97. The van der Waals surface area contributed by atoms with Gasteiger partial charge in [-0.05, 0) is 17.7 Å². The second-order valence-corrected chi connectivity index (χ2v) is 10.6. The van der Waals surface area contributed by atoms with Crippen LogP contribution in [0, 0.1) is 0 Å². The number of phenols is 3. The van der Waals surface area contributed by atoms with Gasteiger partial charge in [0.25, 0.3) is 0 Å². The SMILES string of the molecule is O=C1C[C@H](c2ccc(O)cc2)Oc2c1c(O)c([C@@H]1O[C@@H](CO)[C@@H](O)[C@@H](O)[C@H]1O)c(O)c2[C@@H]1O[C@@H](CO)[C@@H](O)[C@@H](O)[C@H]1O. The summed E-state index contributed by atoms with van der Waals surface area (Å²) >= 11 is 0. The third-order valence-electron chi connectivity index (χ3n) is 8.00. The normalized spacial score (nSPS) is 36.8. The Labute approximate surface area is 237 Å². The van der Waals surface area contributed by atoms with E-state index >= 15 is 0 Å². The molecule has 3 heterocycles. The number of ketones is 1. The maximum atomic E-state index is 13.5. The van der Waals surface area contributed by atoms with Gasteiger partial charge in [-0.15, -0.1) is 0 Å². The summed E-state index contributed by atoms with van der Waals surface area (Å²) < 4.78 is 17.2. The number of carbonyl (C=O) groups is 1. The van der Waals surface area contributed by atoms with E-state index in [9.17, 15) is 61.0 Å². The Morgan fingerprint density at radius 3 is 1.67 bits per heavy atom. The molecule has 0 aliphatic carbocycles. The molecule has 0 spiro atoms. The standard InChI is InChI=1S/C27H32O15/c28-6-12-17(32)21(36)23(38)26(41-12)15-19(34)14-10(31)5-11(8-1-3-9(30)4-2-8)40-25(14)16(20(15)35)27-24(39)22(37)18(33)13(7-29)42-27/h1-4,11-13,17-18,21-24,26-30,32-39H,5-7H2/t11-,12+,13+,17-,18-,21-,22-,23-,24-,26+,27+/m1/s1. The second-order valence-electron chi connectivity index (χ2n) is 10.6. The molecule has 0 amide bonds. The van der Waals surface area contributed by atoms with Crippen LogP contribution in [0.1, 0.15) is 51.8 Å². The van der Waals surface area contributed by atoms with Gasteiger partial charge in [-0.2, -0.15) is 0 Å². The fraction of sp³-hybridized carbons (Fsp3) is 0.519. The molecule has 42 heavy (non-hydrogen) atoms. The van der Waals surface area contributed by atoms with E-state index in [0.717, 1.165) is 0 Å². The van der Waals surface area contributed by atoms with Gasteiger partial charge in [-0.25, -0.2) is 0 Å². The minimum absolute atomic E-state index is 0.0669. The van der Waals surface area contributed by atoms with Crippen LogP contribution in [0.25, 0.3) is 0 Å². The lowest BCUT2D eigenvalue weighted by Gasteiger charge is -2.43. The Balaban J connectivity index is 1.72. The van der Waals surface area contributed by atoms with Crippen molar-refractivity contribution in [1.29, 1.82) is 0 Å². The van der Waals surface area contributed by atoms with Crippen LogP contribution in [0.4, 0.5) is 0 Å². The minimum Gasteiger partial charge on any atom is -0.508 e. The quantitative estimate of drug-likeness (QED) is 0.171. The molecule has 15 heteroatoms. The predicted molar refractivity (Wildman–Crippen MR) is 136 cm³/mol. The molecule has 0 bridgehead atoms. The molecule has 3 aliphatic heterocycles. The van der Waals surface area contributed by atoms with E-state index in [2.05, 4.69) is 0 Å². The van der Waals surface area contributed by atoms with Gasteiger partial charge in [-0.3, -0.25) is 4.79 Å². The number of aromatic hydroxyl groups is 3. The second kappa shape index (κ2) is 11.5. The van der Waals surface area contributed by atoms with Crippen LogP contribution in [-0.2, 0) is 9.47 Å². The molecule has 11 N–H and O–H groups in total. The summed E-state index contributed by atoms with van der Waals surface area (Å²) in [6, 6.07) is 5.62. The highest BCUT2D eigenvalue weighted by Gasteiger charge is 2.51. The summed E-state index contributed by atoms with van der Waals surface area (Å²) in [4.78, 5) is 13.5. The van der Waals surface area contributed by atoms with Gasteiger partial charge in [0, 0.05) is 0 Å². The zero-order valence-electron chi connectivity index (χ0n) is 21.8. The highest BCUT2D eigenvalue weighted by molar-refractivity contribution is 6.04. The van der Waals surface area contributed by atoms with E-state index in [1.807, 2.05) is 0 Å². The minimum atomic E-state index is -2.01. The van der Waals surface area contributed by atoms with Crippen molar-refractivity contribution in [2.45, 2.75) is 73.6 Å². The predicted octanol–water partition coefficient (Wildman–Crippen LogP) is -2.46. The van der Waals surface area contributed by atoms with E-state index in [0.29, 0.717) is 5.56 Å². The molecule has 0 unspecified atom stereocenters. The van der Waals surface area contributed by atoms with Crippen LogP contribution in [0.5, 0.6) is 23.0 Å². The number of phenolic OH excluding ortho intramolecular Hbond substituents is 3. The van der Waals surface area contributed by atoms with Crippen molar-refractivity contribution in [3.05, 3.63) is 46.5 Å². The summed E-state index contributed by atoms with van der Waals surface area (Å²) in [6.45, 7) is -1.68. The molecule has 11 atom stereocenters. The molecule has 2 saturated heterocycles. The molecule has 2 aromatic carbocycles. The summed E-state index contributed by atoms with van der Waals surface area (Å²) in [5, 5.41) is 115. The summed E-state index contributed by atoms with van der Waals surface area (Å²) in [6.07, 6.45) is -19.4. The first-order chi connectivity index (χ1) is 19.9. The highest BCUT2D eigenvalue weighted by Crippen LogP contribution is 2.55. The number of aliphatic hydroxyl groups excluding tert-OH is 8. The zero-order chi connectivity index (χ0) is 30.6. The molecular weight excluding hydrogens is 564 g/mol. The van der Waals surface area contributed by atoms with Crippen molar-refractivity contribution in [3.8, 4) is 23.0 Å². The molecule has 0 saturated carbocycles. The van der Waals surface area contributed by atoms with Crippen LogP contribution in [-0.4, -0.2) is 124 Å². The van der Waals surface area contributed by atoms with Gasteiger partial charge < -0.3 is 70.4 Å². The van der Waals surface area contributed by atoms with Gasteiger partial charge >= 0.3 is 0 Å². The lowest BCUT2D eigenvalue weighted by molar-refractivity contribution is -0.234. The largest absolute Gasteiger partial charge is 0.508 e. The Morgan fingerprint density at radius 1 is 0.667 bits per heavy atom. The summed E-state index contributed by atoms with van der Waals surface area (Å²) in [7, 11) is 0. The third-order valence-corrected chi connectivity index (χ3v) is 8.00. The van der Waals surface area contributed by atoms with Crippen molar-refractivity contribution >= 4 is 5.78 Å². The Kier molecular flexibility index (Phi) is 8.34. The lowest BCUT2D eigenvalue weighted by Crippen LogP contribution is -2.55. The molecule has 5 rings (SSSR count). The van der Waals surface area contributed by atoms with Gasteiger partial charge in [0.15, 0.2) is 5.78 Å². The molecule has 230 valence electrons. The van der Waals surface area contributed by atoms with Crippen molar-refractivity contribution in [2.24, 2.45) is 0 Å². The summed E-state index contributed by atoms with van der Waals surface area (Å²) in [5.74, 6) is -3.21. The maximum absolute atomic E-state index is 13.5. The van der Waals surface area contributed by atoms with Crippen molar-refractivity contribution in [2.75, 3.05) is 13.2 Å². The first-order valence-corrected chi connectivity index (χ1v) is 13.1. The molecule has 2 aromatic rings. The molecule has 3 aliphatic rings. The van der Waals surface area contributed by atoms with Crippen LogP contribution in [0.3, 0.4) is 0 Å². The van der Waals surface area contributed by atoms with Crippen LogP contribution < -0.4 is 4.74 Å². The number of hydrogen-bond acceptors (Lipinski definition) is 15. The Bertz CT molecular complexity index is 1310. The highest BCUT2D eigenvalue weighted by atomic mass is 16.6. The number of ether oxygens (including phenoxy) is 3.